The summed E-state index contributed by atoms with van der Waals surface area (Å²) in [5.74, 6) is 1.33. The molecule has 244 valence electrons. The number of anilines is 2. The van der Waals surface area contributed by atoms with E-state index in [-0.39, 0.29) is 6.04 Å². The second-order valence-corrected chi connectivity index (χ2v) is 15.0. The van der Waals surface area contributed by atoms with E-state index in [1.165, 1.54) is 69.7 Å². The Bertz CT molecular complexity index is 3120. The molecule has 1 aliphatic carbocycles. The predicted molar refractivity (Wildman–Crippen MR) is 219 cm³/mol. The van der Waals surface area contributed by atoms with Crippen molar-refractivity contribution >= 4 is 86.5 Å². The summed E-state index contributed by atoms with van der Waals surface area (Å²) in [4.78, 5) is 7.64. The van der Waals surface area contributed by atoms with E-state index in [9.17, 15) is 0 Å². The lowest BCUT2D eigenvalue weighted by atomic mass is 9.91. The fourth-order valence-corrected chi connectivity index (χ4v) is 10.3. The summed E-state index contributed by atoms with van der Waals surface area (Å²) in [6, 6.07) is 51.4. The van der Waals surface area contributed by atoms with Gasteiger partial charge in [-0.1, -0.05) is 97.1 Å². The summed E-state index contributed by atoms with van der Waals surface area (Å²) in [5.41, 5.74) is 9.80. The van der Waals surface area contributed by atoms with E-state index in [1.807, 2.05) is 17.5 Å². The number of rotatable bonds is 3. The molecule has 6 aromatic carbocycles. The Morgan fingerprint density at radius 3 is 1.94 bits per heavy atom. The average Bonchev–Trinajstić information content (AvgIpc) is 3.94. The number of benzene rings is 6. The summed E-state index contributed by atoms with van der Waals surface area (Å²) in [7, 11) is 0. The van der Waals surface area contributed by atoms with Crippen molar-refractivity contribution < 1.29 is 0 Å². The highest BCUT2D eigenvalue weighted by Crippen LogP contribution is 2.49. The fraction of sp³-hybridized carbons (Fsp3) is 0.0426. The molecule has 4 aromatic heterocycles. The number of thiophene rings is 1. The van der Waals surface area contributed by atoms with Gasteiger partial charge in [-0.15, -0.1) is 11.3 Å². The van der Waals surface area contributed by atoms with Gasteiger partial charge in [0.15, 0.2) is 5.82 Å². The van der Waals surface area contributed by atoms with Crippen LogP contribution >= 0.6 is 11.3 Å². The molecular formula is C47H30N4S. The molecule has 0 amide bonds. The van der Waals surface area contributed by atoms with E-state index in [4.69, 9.17) is 4.98 Å². The zero-order valence-electron chi connectivity index (χ0n) is 28.0. The van der Waals surface area contributed by atoms with E-state index in [0.29, 0.717) is 5.92 Å². The zero-order chi connectivity index (χ0) is 33.9. The van der Waals surface area contributed by atoms with E-state index in [0.717, 1.165) is 22.5 Å². The van der Waals surface area contributed by atoms with Crippen LogP contribution in [0.5, 0.6) is 0 Å². The lowest BCUT2D eigenvalue weighted by molar-refractivity contribution is 0.745. The van der Waals surface area contributed by atoms with E-state index < -0.39 is 0 Å². The summed E-state index contributed by atoms with van der Waals surface area (Å²) in [6.45, 7) is 0. The van der Waals surface area contributed by atoms with Gasteiger partial charge in [-0.05, 0) is 72.3 Å². The van der Waals surface area contributed by atoms with Crippen LogP contribution in [-0.2, 0) is 0 Å². The number of fused-ring (bicyclic) bond motifs is 12. The maximum Gasteiger partial charge on any atom is 0.155 e. The van der Waals surface area contributed by atoms with Gasteiger partial charge in [0.2, 0.25) is 0 Å². The van der Waals surface area contributed by atoms with Crippen LogP contribution in [0, 0.1) is 0 Å². The third kappa shape index (κ3) is 3.78. The van der Waals surface area contributed by atoms with E-state index in [1.54, 1.807) is 0 Å². The van der Waals surface area contributed by atoms with Crippen LogP contribution in [0.25, 0.3) is 75.3 Å². The molecule has 10 aromatic rings. The molecule has 0 saturated heterocycles. The second kappa shape index (κ2) is 10.5. The first-order valence-corrected chi connectivity index (χ1v) is 18.7. The lowest BCUT2D eigenvalue weighted by Gasteiger charge is -2.28. The molecule has 12 rings (SSSR count). The standard InChI is InChI=1S/C47H30N4S/c1-6-16-39-31(11-1)32-12-2-7-17-40(32)49(39)29-21-23-44-37(27-29)35-15-5-10-20-43(35)51(44)47-46-36(25-26-48-47)38-28-30(22-24-45(38)52-46)50-41-18-8-3-13-33(41)34-14-4-9-19-42(34)50/h1-28,33,41H. The Morgan fingerprint density at radius 2 is 1.13 bits per heavy atom. The number of aromatic nitrogens is 3. The molecule has 0 bridgehead atoms. The highest BCUT2D eigenvalue weighted by Gasteiger charge is 2.37. The smallest absolute Gasteiger partial charge is 0.155 e. The predicted octanol–water partition coefficient (Wildman–Crippen LogP) is 12.4. The second-order valence-electron chi connectivity index (χ2n) is 13.9. The quantitative estimate of drug-likeness (QED) is 0.185. The first-order chi connectivity index (χ1) is 25.8. The third-order valence-corrected chi connectivity index (χ3v) is 12.5. The number of nitrogens with zero attached hydrogens (tertiary/aromatic N) is 4. The molecule has 1 aliphatic heterocycles. The van der Waals surface area contributed by atoms with Gasteiger partial charge in [-0.2, -0.15) is 0 Å². The van der Waals surface area contributed by atoms with Crippen LogP contribution in [0.1, 0.15) is 11.5 Å². The minimum Gasteiger partial charge on any atom is -0.333 e. The number of hydrogen-bond donors (Lipinski definition) is 0. The molecule has 2 aliphatic rings. The highest BCUT2D eigenvalue weighted by atomic mass is 32.1. The maximum atomic E-state index is 5.12. The lowest BCUT2D eigenvalue weighted by Crippen LogP contribution is -2.28. The monoisotopic (exact) mass is 682 g/mol. The van der Waals surface area contributed by atoms with Crippen LogP contribution < -0.4 is 4.90 Å². The Labute approximate surface area is 303 Å². The van der Waals surface area contributed by atoms with Crippen molar-refractivity contribution in [3.05, 3.63) is 176 Å². The number of para-hydroxylation sites is 4. The molecule has 2 unspecified atom stereocenters. The van der Waals surface area contributed by atoms with Crippen molar-refractivity contribution in [2.45, 2.75) is 12.0 Å². The molecule has 0 saturated carbocycles. The number of hydrogen-bond acceptors (Lipinski definition) is 3. The SMILES string of the molecule is C1=CC2c3ccccc3N(c3ccc4sc5c(-n6c7ccccc7c7cc(-n8c9ccccc9c9ccccc98)ccc76)nccc5c4c3)C2C=C1. The molecule has 52 heavy (non-hydrogen) atoms. The number of pyridine rings is 1. The maximum absolute atomic E-state index is 5.12. The number of allylic oxidation sites excluding steroid dienone is 2. The minimum absolute atomic E-state index is 0.270. The molecule has 0 N–H and O–H groups in total. The van der Waals surface area contributed by atoms with Gasteiger partial charge in [0, 0.05) is 66.2 Å². The fourth-order valence-electron chi connectivity index (χ4n) is 9.11. The van der Waals surface area contributed by atoms with Crippen LogP contribution in [0.2, 0.25) is 0 Å². The third-order valence-electron chi connectivity index (χ3n) is 11.3. The van der Waals surface area contributed by atoms with Crippen molar-refractivity contribution in [1.29, 1.82) is 0 Å². The molecule has 0 spiro atoms. The summed E-state index contributed by atoms with van der Waals surface area (Å²) >= 11 is 1.84. The van der Waals surface area contributed by atoms with Crippen LogP contribution in [0.15, 0.2) is 170 Å². The van der Waals surface area contributed by atoms with Gasteiger partial charge in [0.1, 0.15) is 0 Å². The van der Waals surface area contributed by atoms with Crippen molar-refractivity contribution in [3.63, 3.8) is 0 Å². The molecule has 0 radical (unpaired) electrons. The van der Waals surface area contributed by atoms with Gasteiger partial charge in [-0.3, -0.25) is 4.57 Å². The Hall–Kier alpha value is -6.43. The first kappa shape index (κ1) is 28.3. The van der Waals surface area contributed by atoms with Crippen LogP contribution in [0.3, 0.4) is 0 Å². The van der Waals surface area contributed by atoms with Crippen LogP contribution in [-0.4, -0.2) is 20.2 Å². The Balaban J connectivity index is 1.06. The summed E-state index contributed by atoms with van der Waals surface area (Å²) in [6.07, 6.45) is 11.0. The van der Waals surface area contributed by atoms with Crippen molar-refractivity contribution in [3.8, 4) is 11.5 Å². The molecule has 0 fully saturated rings. The molecule has 5 heterocycles. The van der Waals surface area contributed by atoms with Gasteiger partial charge < -0.3 is 9.47 Å². The van der Waals surface area contributed by atoms with Gasteiger partial charge in [0.05, 0.1) is 32.8 Å². The topological polar surface area (TPSA) is 26.0 Å². The van der Waals surface area contributed by atoms with E-state index in [2.05, 4.69) is 178 Å². The van der Waals surface area contributed by atoms with Crippen molar-refractivity contribution in [1.82, 2.24) is 14.1 Å². The highest BCUT2D eigenvalue weighted by molar-refractivity contribution is 7.26. The molecular weight excluding hydrogens is 653 g/mol. The average molecular weight is 683 g/mol. The largest absolute Gasteiger partial charge is 0.333 e. The summed E-state index contributed by atoms with van der Waals surface area (Å²) in [5, 5.41) is 7.48. The minimum atomic E-state index is 0.270. The Morgan fingerprint density at radius 1 is 0.500 bits per heavy atom. The molecule has 2 atom stereocenters. The molecule has 4 nitrogen and oxygen atoms in total. The van der Waals surface area contributed by atoms with Gasteiger partial charge >= 0.3 is 0 Å². The van der Waals surface area contributed by atoms with Crippen LogP contribution in [0.4, 0.5) is 11.4 Å². The normalized spacial score (nSPS) is 16.7. The Kier molecular flexibility index (Phi) is 5.74. The van der Waals surface area contributed by atoms with Gasteiger partial charge in [0.25, 0.3) is 0 Å². The van der Waals surface area contributed by atoms with E-state index >= 15 is 0 Å². The van der Waals surface area contributed by atoms with Crippen molar-refractivity contribution in [2.24, 2.45) is 0 Å². The van der Waals surface area contributed by atoms with Crippen molar-refractivity contribution in [2.75, 3.05) is 4.90 Å². The zero-order valence-corrected chi connectivity index (χ0v) is 28.8. The summed E-state index contributed by atoms with van der Waals surface area (Å²) < 4.78 is 7.24. The first-order valence-electron chi connectivity index (χ1n) is 17.9. The van der Waals surface area contributed by atoms with Gasteiger partial charge in [-0.25, -0.2) is 4.98 Å². The molecule has 5 heteroatoms.